The summed E-state index contributed by atoms with van der Waals surface area (Å²) in [5.41, 5.74) is -0.301. The van der Waals surface area contributed by atoms with Gasteiger partial charge in [-0.05, 0) is 6.07 Å². The molecule has 0 aliphatic rings. The quantitative estimate of drug-likeness (QED) is 0.397. The standard InChI is InChI=1S/C6H4N4O2/c11-6-8-5-4(10(12)9-6)2-1-3-7-5/h1-3H,(H,7,8,9,11). The summed E-state index contributed by atoms with van der Waals surface area (Å²) in [6.45, 7) is 0. The molecule has 0 bridgehead atoms. The smallest absolute Gasteiger partial charge is 0.397 e. The molecule has 0 radical (unpaired) electrons. The van der Waals surface area contributed by atoms with Gasteiger partial charge in [0.2, 0.25) is 5.65 Å². The molecule has 0 saturated heterocycles. The molecule has 0 aliphatic heterocycles. The van der Waals surface area contributed by atoms with Crippen LogP contribution in [0, 0.1) is 5.21 Å². The summed E-state index contributed by atoms with van der Waals surface area (Å²) in [5, 5.41) is 12.9. The zero-order valence-corrected chi connectivity index (χ0v) is 5.89. The van der Waals surface area contributed by atoms with E-state index in [4.69, 9.17) is 0 Å². The van der Waals surface area contributed by atoms with Crippen LogP contribution >= 0.6 is 0 Å². The van der Waals surface area contributed by atoms with Gasteiger partial charge in [0.25, 0.3) is 5.52 Å². The summed E-state index contributed by atoms with van der Waals surface area (Å²) in [6, 6.07) is 3.12. The van der Waals surface area contributed by atoms with E-state index >= 15 is 0 Å². The lowest BCUT2D eigenvalue weighted by molar-refractivity contribution is -0.644. The summed E-state index contributed by atoms with van der Waals surface area (Å²) in [5.74, 6) is 0. The molecule has 0 atom stereocenters. The van der Waals surface area contributed by atoms with Gasteiger partial charge in [-0.2, -0.15) is 4.98 Å². The zero-order chi connectivity index (χ0) is 8.55. The number of aromatic amines is 1. The van der Waals surface area contributed by atoms with E-state index in [1.807, 2.05) is 5.10 Å². The molecule has 1 N–H and O–H groups in total. The number of rotatable bonds is 0. The second-order valence-electron chi connectivity index (χ2n) is 2.17. The molecule has 6 heteroatoms. The van der Waals surface area contributed by atoms with Gasteiger partial charge in [-0.25, -0.2) is 9.78 Å². The van der Waals surface area contributed by atoms with E-state index in [0.29, 0.717) is 4.85 Å². The van der Waals surface area contributed by atoms with Crippen molar-refractivity contribution in [3.8, 4) is 0 Å². The van der Waals surface area contributed by atoms with E-state index < -0.39 is 5.69 Å². The van der Waals surface area contributed by atoms with Crippen LogP contribution in [0.2, 0.25) is 0 Å². The molecular weight excluding hydrogens is 160 g/mol. The lowest BCUT2D eigenvalue weighted by atomic mass is 10.4. The number of pyridine rings is 1. The third-order valence-corrected chi connectivity index (χ3v) is 1.39. The Labute approximate surface area is 66.1 Å². The molecular formula is C6H4N4O2. The fourth-order valence-corrected chi connectivity index (χ4v) is 0.901. The van der Waals surface area contributed by atoms with E-state index in [-0.39, 0.29) is 11.2 Å². The molecule has 2 aromatic heterocycles. The predicted octanol–water partition coefficient (Wildman–Crippen LogP) is -1.05. The van der Waals surface area contributed by atoms with Crippen molar-refractivity contribution in [1.82, 2.24) is 15.1 Å². The number of nitrogens with one attached hydrogen (secondary N) is 1. The van der Waals surface area contributed by atoms with Crippen LogP contribution in [-0.4, -0.2) is 15.1 Å². The van der Waals surface area contributed by atoms with Crippen LogP contribution in [0.15, 0.2) is 23.1 Å². The van der Waals surface area contributed by atoms with Gasteiger partial charge in [-0.15, -0.1) is 0 Å². The molecule has 12 heavy (non-hydrogen) atoms. The van der Waals surface area contributed by atoms with Gasteiger partial charge in [0.05, 0.1) is 0 Å². The van der Waals surface area contributed by atoms with Crippen molar-refractivity contribution in [3.05, 3.63) is 34.0 Å². The first-order chi connectivity index (χ1) is 5.77. The first-order valence-electron chi connectivity index (χ1n) is 3.22. The van der Waals surface area contributed by atoms with Gasteiger partial charge < -0.3 is 5.21 Å². The first-order valence-corrected chi connectivity index (χ1v) is 3.22. The number of nitrogens with zero attached hydrogens (tertiary/aromatic N) is 3. The fourth-order valence-electron chi connectivity index (χ4n) is 0.901. The van der Waals surface area contributed by atoms with E-state index in [1.165, 1.54) is 12.3 Å². The van der Waals surface area contributed by atoms with Crippen LogP contribution in [-0.2, 0) is 0 Å². The Hall–Kier alpha value is -1.98. The highest BCUT2D eigenvalue weighted by atomic mass is 16.5. The highest BCUT2D eigenvalue weighted by molar-refractivity contribution is 5.64. The van der Waals surface area contributed by atoms with E-state index in [1.54, 1.807) is 6.07 Å². The summed E-state index contributed by atoms with van der Waals surface area (Å²) in [4.78, 5) is 18.3. The number of H-pyrrole nitrogens is 1. The molecule has 6 nitrogen and oxygen atoms in total. The summed E-state index contributed by atoms with van der Waals surface area (Å²) < 4.78 is 0. The Balaban J connectivity index is 2.99. The normalized spacial score (nSPS) is 10.3. The second-order valence-corrected chi connectivity index (χ2v) is 2.17. The summed E-state index contributed by atoms with van der Waals surface area (Å²) >= 11 is 0. The minimum Gasteiger partial charge on any atom is -0.595 e. The predicted molar refractivity (Wildman–Crippen MR) is 39.1 cm³/mol. The largest absolute Gasteiger partial charge is 0.595 e. The van der Waals surface area contributed by atoms with E-state index in [9.17, 15) is 10.0 Å². The van der Waals surface area contributed by atoms with Crippen molar-refractivity contribution >= 4 is 11.2 Å². The van der Waals surface area contributed by atoms with Crippen LogP contribution in [0.1, 0.15) is 0 Å². The Morgan fingerprint density at radius 1 is 1.58 bits per heavy atom. The van der Waals surface area contributed by atoms with Gasteiger partial charge in [0, 0.05) is 12.3 Å². The molecule has 0 spiro atoms. The maximum absolute atomic E-state index is 11.0. The zero-order valence-electron chi connectivity index (χ0n) is 5.89. The van der Waals surface area contributed by atoms with Crippen molar-refractivity contribution in [2.24, 2.45) is 0 Å². The Kier molecular flexibility index (Phi) is 1.26. The van der Waals surface area contributed by atoms with Crippen LogP contribution in [0.5, 0.6) is 0 Å². The van der Waals surface area contributed by atoms with Gasteiger partial charge in [0.15, 0.2) is 0 Å². The van der Waals surface area contributed by atoms with Crippen LogP contribution in [0.25, 0.3) is 11.2 Å². The van der Waals surface area contributed by atoms with Crippen LogP contribution in [0.4, 0.5) is 0 Å². The third kappa shape index (κ3) is 0.895. The highest BCUT2D eigenvalue weighted by Gasteiger charge is 2.05. The van der Waals surface area contributed by atoms with E-state index in [2.05, 4.69) is 9.97 Å². The molecule has 2 aromatic rings. The molecule has 60 valence electrons. The Morgan fingerprint density at radius 3 is 3.25 bits per heavy atom. The van der Waals surface area contributed by atoms with Crippen molar-refractivity contribution < 1.29 is 4.85 Å². The molecule has 0 aromatic carbocycles. The topological polar surface area (TPSA) is 85.6 Å². The third-order valence-electron chi connectivity index (χ3n) is 1.39. The molecule has 0 unspecified atom stereocenters. The number of hydrogen-bond donors (Lipinski definition) is 1. The summed E-state index contributed by atoms with van der Waals surface area (Å²) in [7, 11) is 0. The maximum Gasteiger partial charge on any atom is 0.397 e. The van der Waals surface area contributed by atoms with Gasteiger partial charge in [0.1, 0.15) is 0 Å². The monoisotopic (exact) mass is 164 g/mol. The molecule has 0 aliphatic carbocycles. The highest BCUT2D eigenvalue weighted by Crippen LogP contribution is 1.96. The van der Waals surface area contributed by atoms with Crippen molar-refractivity contribution in [2.75, 3.05) is 0 Å². The van der Waals surface area contributed by atoms with Crippen molar-refractivity contribution in [2.45, 2.75) is 0 Å². The number of aromatic nitrogens is 4. The first kappa shape index (κ1) is 6.71. The average molecular weight is 164 g/mol. The SMILES string of the molecule is O=c1nc2ncccc2[n+]([O-])[nH]1. The van der Waals surface area contributed by atoms with Crippen LogP contribution in [0.3, 0.4) is 0 Å². The minimum absolute atomic E-state index is 0.149. The Bertz CT molecular complexity index is 478. The van der Waals surface area contributed by atoms with E-state index in [0.717, 1.165) is 0 Å². The summed E-state index contributed by atoms with van der Waals surface area (Å²) in [6.07, 6.45) is 1.47. The fraction of sp³-hybridized carbons (Fsp3) is 0. The number of hydrogen-bond acceptors (Lipinski definition) is 4. The van der Waals surface area contributed by atoms with Gasteiger partial charge >= 0.3 is 5.69 Å². The minimum atomic E-state index is -0.698. The van der Waals surface area contributed by atoms with Gasteiger partial charge in [-0.3, -0.25) is 0 Å². The Morgan fingerprint density at radius 2 is 2.42 bits per heavy atom. The second kappa shape index (κ2) is 2.26. The molecule has 0 amide bonds. The molecule has 0 saturated carbocycles. The van der Waals surface area contributed by atoms with Gasteiger partial charge in [-0.1, -0.05) is 9.94 Å². The lowest BCUT2D eigenvalue weighted by Gasteiger charge is -1.95. The van der Waals surface area contributed by atoms with Crippen molar-refractivity contribution in [3.63, 3.8) is 0 Å². The van der Waals surface area contributed by atoms with Crippen LogP contribution < -0.4 is 10.5 Å². The average Bonchev–Trinajstić information content (AvgIpc) is 2.04. The lowest BCUT2D eigenvalue weighted by Crippen LogP contribution is -2.39. The maximum atomic E-state index is 11.0. The molecule has 2 rings (SSSR count). The molecule has 0 fully saturated rings. The molecule has 2 heterocycles. The van der Waals surface area contributed by atoms with Crippen molar-refractivity contribution in [1.29, 1.82) is 0 Å². The number of fused-ring (bicyclic) bond motifs is 1.